The molecule has 3 aliphatic rings. The van der Waals surface area contributed by atoms with E-state index in [9.17, 15) is 5.26 Å². The Bertz CT molecular complexity index is 954. The molecule has 2 unspecified atom stereocenters. The van der Waals surface area contributed by atoms with Crippen molar-refractivity contribution in [1.29, 1.82) is 5.26 Å². The quantitative estimate of drug-likeness (QED) is 0.793. The maximum atomic E-state index is 9.65. The number of aryl methyl sites for hydroxylation is 1. The monoisotopic (exact) mass is 376 g/mol. The van der Waals surface area contributed by atoms with E-state index in [0.29, 0.717) is 30.6 Å². The van der Waals surface area contributed by atoms with E-state index in [1.165, 1.54) is 5.56 Å². The van der Waals surface area contributed by atoms with Crippen LogP contribution in [0.3, 0.4) is 0 Å². The molecule has 28 heavy (non-hydrogen) atoms. The summed E-state index contributed by atoms with van der Waals surface area (Å²) in [5, 5.41) is 9.65. The van der Waals surface area contributed by atoms with Crippen LogP contribution in [0.5, 0.6) is 0 Å². The first-order chi connectivity index (χ1) is 13.6. The fraction of sp³-hybridized carbons (Fsp3) is 0.524. The van der Waals surface area contributed by atoms with Crippen LogP contribution < -0.4 is 9.80 Å². The van der Waals surface area contributed by atoms with E-state index in [4.69, 9.17) is 9.72 Å². The third-order valence-electron chi connectivity index (χ3n) is 6.43. The van der Waals surface area contributed by atoms with E-state index in [1.807, 2.05) is 13.0 Å². The fourth-order valence-electron chi connectivity index (χ4n) is 4.78. The van der Waals surface area contributed by atoms with E-state index < -0.39 is 0 Å². The second kappa shape index (κ2) is 6.71. The van der Waals surface area contributed by atoms with Gasteiger partial charge in [-0.2, -0.15) is 5.26 Å². The molecule has 0 aromatic carbocycles. The summed E-state index contributed by atoms with van der Waals surface area (Å²) in [6.45, 7) is 9.31. The van der Waals surface area contributed by atoms with Crippen molar-refractivity contribution in [3.63, 3.8) is 0 Å². The summed E-state index contributed by atoms with van der Waals surface area (Å²) in [6.07, 6.45) is 2.49. The molecular formula is C21H24N6O. The van der Waals surface area contributed by atoms with Crippen molar-refractivity contribution < 1.29 is 4.74 Å². The van der Waals surface area contributed by atoms with Crippen molar-refractivity contribution in [3.05, 3.63) is 40.5 Å². The second-order valence-electron chi connectivity index (χ2n) is 8.12. The van der Waals surface area contributed by atoms with Crippen molar-refractivity contribution in [3.8, 4) is 6.07 Å². The van der Waals surface area contributed by atoms with Crippen LogP contribution in [0.15, 0.2) is 12.4 Å². The minimum Gasteiger partial charge on any atom is -0.376 e. The molecular weight excluding hydrogens is 352 g/mol. The normalized spacial score (nSPS) is 23.5. The topological polar surface area (TPSA) is 78.2 Å². The number of nitriles is 1. The molecule has 144 valence electrons. The highest BCUT2D eigenvalue weighted by Gasteiger charge is 2.42. The van der Waals surface area contributed by atoms with E-state index in [2.05, 4.69) is 32.8 Å². The number of pyridine rings is 1. The average Bonchev–Trinajstić information content (AvgIpc) is 3.28. The van der Waals surface area contributed by atoms with Crippen LogP contribution in [0, 0.1) is 37.0 Å². The number of nitrogens with zero attached hydrogens (tertiary/aromatic N) is 6. The molecule has 7 nitrogen and oxygen atoms in total. The Kier molecular flexibility index (Phi) is 4.17. The molecule has 2 saturated heterocycles. The van der Waals surface area contributed by atoms with Gasteiger partial charge in [0.15, 0.2) is 0 Å². The van der Waals surface area contributed by atoms with Crippen molar-refractivity contribution in [1.82, 2.24) is 15.0 Å². The summed E-state index contributed by atoms with van der Waals surface area (Å²) in [6, 6.07) is 4.33. The number of aromatic nitrogens is 3. The molecule has 2 aromatic heterocycles. The molecule has 0 bridgehead atoms. The molecule has 0 radical (unpaired) electrons. The first-order valence-corrected chi connectivity index (χ1v) is 9.92. The number of ether oxygens (including phenoxy) is 1. The van der Waals surface area contributed by atoms with Crippen LogP contribution in [0.4, 0.5) is 11.6 Å². The SMILES string of the molecule is Cc1ncnc(N2CC3CN(c4nc5c(cc4C#N)COCC5)CC3C2)c1C. The van der Waals surface area contributed by atoms with Gasteiger partial charge in [0.05, 0.1) is 24.5 Å². The van der Waals surface area contributed by atoms with Gasteiger partial charge < -0.3 is 14.5 Å². The average molecular weight is 376 g/mol. The van der Waals surface area contributed by atoms with Crippen LogP contribution in [-0.4, -0.2) is 47.7 Å². The first kappa shape index (κ1) is 17.4. The molecule has 0 N–H and O–H groups in total. The highest BCUT2D eigenvalue weighted by atomic mass is 16.5. The van der Waals surface area contributed by atoms with Crippen LogP contribution in [0.25, 0.3) is 0 Å². The first-order valence-electron chi connectivity index (χ1n) is 9.92. The van der Waals surface area contributed by atoms with E-state index in [0.717, 1.165) is 61.2 Å². The second-order valence-corrected chi connectivity index (χ2v) is 8.12. The Morgan fingerprint density at radius 2 is 1.79 bits per heavy atom. The van der Waals surface area contributed by atoms with Gasteiger partial charge in [-0.3, -0.25) is 0 Å². The largest absolute Gasteiger partial charge is 0.376 e. The summed E-state index contributed by atoms with van der Waals surface area (Å²) < 4.78 is 5.51. The molecule has 3 aliphatic heterocycles. The lowest BCUT2D eigenvalue weighted by Crippen LogP contribution is -2.31. The number of rotatable bonds is 2. The van der Waals surface area contributed by atoms with Crippen LogP contribution >= 0.6 is 0 Å². The molecule has 0 saturated carbocycles. The summed E-state index contributed by atoms with van der Waals surface area (Å²) in [5.74, 6) is 3.07. The molecule has 2 aromatic rings. The lowest BCUT2D eigenvalue weighted by Gasteiger charge is -2.26. The minimum absolute atomic E-state index is 0.565. The lowest BCUT2D eigenvalue weighted by atomic mass is 10.0. The summed E-state index contributed by atoms with van der Waals surface area (Å²) >= 11 is 0. The van der Waals surface area contributed by atoms with Gasteiger partial charge in [-0.15, -0.1) is 0 Å². The zero-order chi connectivity index (χ0) is 19.3. The van der Waals surface area contributed by atoms with Gasteiger partial charge in [0.1, 0.15) is 24.0 Å². The number of hydrogen-bond donors (Lipinski definition) is 0. The Morgan fingerprint density at radius 3 is 2.50 bits per heavy atom. The Morgan fingerprint density at radius 1 is 1.07 bits per heavy atom. The molecule has 7 heteroatoms. The molecule has 5 heterocycles. The van der Waals surface area contributed by atoms with Gasteiger partial charge in [-0.25, -0.2) is 15.0 Å². The number of anilines is 2. The summed E-state index contributed by atoms with van der Waals surface area (Å²) in [5.41, 5.74) is 5.04. The maximum Gasteiger partial charge on any atom is 0.146 e. The number of fused-ring (bicyclic) bond motifs is 2. The molecule has 0 amide bonds. The van der Waals surface area contributed by atoms with E-state index in [-0.39, 0.29) is 0 Å². The Labute approximate surface area is 165 Å². The highest BCUT2D eigenvalue weighted by Crippen LogP contribution is 2.37. The van der Waals surface area contributed by atoms with Gasteiger partial charge in [-0.05, 0) is 19.9 Å². The van der Waals surface area contributed by atoms with E-state index >= 15 is 0 Å². The van der Waals surface area contributed by atoms with Crippen molar-refractivity contribution in [2.24, 2.45) is 11.8 Å². The predicted octanol–water partition coefficient (Wildman–Crippen LogP) is 2.01. The Hall–Kier alpha value is -2.72. The predicted molar refractivity (Wildman–Crippen MR) is 105 cm³/mol. The van der Waals surface area contributed by atoms with Gasteiger partial charge in [-0.1, -0.05) is 0 Å². The van der Waals surface area contributed by atoms with E-state index in [1.54, 1.807) is 6.33 Å². The van der Waals surface area contributed by atoms with Gasteiger partial charge >= 0.3 is 0 Å². The smallest absolute Gasteiger partial charge is 0.146 e. The molecule has 0 aliphatic carbocycles. The molecule has 2 atom stereocenters. The fourth-order valence-corrected chi connectivity index (χ4v) is 4.78. The molecule has 5 rings (SSSR count). The minimum atomic E-state index is 0.565. The Balaban J connectivity index is 1.36. The van der Waals surface area contributed by atoms with Crippen LogP contribution in [-0.2, 0) is 17.8 Å². The standard InChI is InChI=1S/C21H24N6O/c1-13-14(2)23-12-24-20(13)26-7-17-9-27(10-18(17)8-26)21-15(6-22)5-16-11-28-4-3-19(16)25-21/h5,12,17-18H,3-4,7-11H2,1-2H3. The van der Waals surface area contributed by atoms with Crippen LogP contribution in [0.2, 0.25) is 0 Å². The summed E-state index contributed by atoms with van der Waals surface area (Å²) in [4.78, 5) is 18.4. The van der Waals surface area contributed by atoms with Gasteiger partial charge in [0.25, 0.3) is 0 Å². The zero-order valence-electron chi connectivity index (χ0n) is 16.4. The number of hydrogen-bond acceptors (Lipinski definition) is 7. The van der Waals surface area contributed by atoms with Gasteiger partial charge in [0.2, 0.25) is 0 Å². The van der Waals surface area contributed by atoms with Crippen molar-refractivity contribution in [2.45, 2.75) is 26.9 Å². The van der Waals surface area contributed by atoms with Crippen molar-refractivity contribution in [2.75, 3.05) is 42.6 Å². The third-order valence-corrected chi connectivity index (χ3v) is 6.43. The maximum absolute atomic E-state index is 9.65. The zero-order valence-corrected chi connectivity index (χ0v) is 16.4. The lowest BCUT2D eigenvalue weighted by molar-refractivity contribution is 0.109. The molecule has 2 fully saturated rings. The van der Waals surface area contributed by atoms with Crippen molar-refractivity contribution >= 4 is 11.6 Å². The van der Waals surface area contributed by atoms with Crippen LogP contribution in [0.1, 0.15) is 28.1 Å². The third kappa shape index (κ3) is 2.80. The molecule has 0 spiro atoms. The summed E-state index contributed by atoms with van der Waals surface area (Å²) in [7, 11) is 0. The highest BCUT2D eigenvalue weighted by molar-refractivity contribution is 5.58. The van der Waals surface area contributed by atoms with Gasteiger partial charge in [0, 0.05) is 61.3 Å².